The third-order valence-corrected chi connectivity index (χ3v) is 4.57. The van der Waals surface area contributed by atoms with Crippen LogP contribution in [0, 0.1) is 0 Å². The van der Waals surface area contributed by atoms with Gasteiger partial charge in [0.25, 0.3) is 5.91 Å². The van der Waals surface area contributed by atoms with Gasteiger partial charge in [-0.15, -0.1) is 0 Å². The van der Waals surface area contributed by atoms with Crippen molar-refractivity contribution in [2.75, 3.05) is 26.4 Å². The van der Waals surface area contributed by atoms with Crippen LogP contribution < -0.4 is 19.5 Å². The predicted octanol–water partition coefficient (Wildman–Crippen LogP) is 2.29. The van der Waals surface area contributed by atoms with Crippen LogP contribution in [0.25, 0.3) is 0 Å². The van der Waals surface area contributed by atoms with E-state index in [4.69, 9.17) is 14.2 Å². The zero-order valence-corrected chi connectivity index (χ0v) is 14.0. The Labute approximate surface area is 146 Å². The third-order valence-electron chi connectivity index (χ3n) is 4.57. The van der Waals surface area contributed by atoms with Crippen molar-refractivity contribution in [2.45, 2.75) is 19.3 Å². The Morgan fingerprint density at radius 3 is 2.84 bits per heavy atom. The van der Waals surface area contributed by atoms with Gasteiger partial charge >= 0.3 is 0 Å². The summed E-state index contributed by atoms with van der Waals surface area (Å²) in [5, 5.41) is 2.92. The highest BCUT2D eigenvalue weighted by atomic mass is 16.5. The van der Waals surface area contributed by atoms with Crippen molar-refractivity contribution in [1.29, 1.82) is 0 Å². The lowest BCUT2D eigenvalue weighted by Gasteiger charge is -2.13. The molecule has 2 aliphatic heterocycles. The Morgan fingerprint density at radius 2 is 1.96 bits per heavy atom. The lowest BCUT2D eigenvalue weighted by atomic mass is 9.97. The van der Waals surface area contributed by atoms with Gasteiger partial charge in [-0.05, 0) is 24.6 Å². The summed E-state index contributed by atoms with van der Waals surface area (Å²) in [7, 11) is 0. The van der Waals surface area contributed by atoms with Gasteiger partial charge in [-0.3, -0.25) is 4.79 Å². The predicted molar refractivity (Wildman–Crippen MR) is 93.5 cm³/mol. The van der Waals surface area contributed by atoms with E-state index in [-0.39, 0.29) is 12.5 Å². The Bertz CT molecular complexity index is 741. The molecular weight excluding hydrogens is 318 g/mol. The molecule has 0 unspecified atom stereocenters. The van der Waals surface area contributed by atoms with E-state index in [1.165, 1.54) is 16.7 Å². The summed E-state index contributed by atoms with van der Waals surface area (Å²) in [5.74, 6) is 2.56. The Kier molecular flexibility index (Phi) is 4.46. The molecule has 2 aromatic rings. The summed E-state index contributed by atoms with van der Waals surface area (Å²) in [6.45, 7) is 2.03. The first-order valence-electron chi connectivity index (χ1n) is 8.69. The smallest absolute Gasteiger partial charge is 0.257 e. The Balaban J connectivity index is 1.34. The van der Waals surface area contributed by atoms with Gasteiger partial charge in [0.2, 0.25) is 0 Å². The van der Waals surface area contributed by atoms with Crippen molar-refractivity contribution in [1.82, 2.24) is 5.32 Å². The summed E-state index contributed by atoms with van der Waals surface area (Å²) < 4.78 is 17.0. The molecule has 2 aromatic carbocycles. The maximum atomic E-state index is 12.0. The number of ether oxygens (including phenoxy) is 3. The number of carbonyl (C=O) groups excluding carboxylic acids is 1. The first-order chi connectivity index (χ1) is 12.3. The zero-order valence-electron chi connectivity index (χ0n) is 14.0. The van der Waals surface area contributed by atoms with E-state index in [1.807, 2.05) is 30.3 Å². The molecule has 2 heterocycles. The van der Waals surface area contributed by atoms with E-state index < -0.39 is 0 Å². The summed E-state index contributed by atoms with van der Waals surface area (Å²) in [6.07, 6.45) is 2.58. The highest BCUT2D eigenvalue weighted by Crippen LogP contribution is 2.40. The Hall–Kier alpha value is -2.69. The maximum Gasteiger partial charge on any atom is 0.257 e. The van der Waals surface area contributed by atoms with Crippen LogP contribution in [0.3, 0.4) is 0 Å². The van der Waals surface area contributed by atoms with E-state index in [1.54, 1.807) is 0 Å². The van der Waals surface area contributed by atoms with Crippen LogP contribution >= 0.6 is 0 Å². The van der Waals surface area contributed by atoms with Crippen LogP contribution in [0.1, 0.15) is 16.7 Å². The molecule has 2 aliphatic rings. The second-order valence-electron chi connectivity index (χ2n) is 6.22. The van der Waals surface area contributed by atoms with Crippen LogP contribution in [0.2, 0.25) is 0 Å². The number of para-hydroxylation sites is 1. The second-order valence-corrected chi connectivity index (χ2v) is 6.22. The van der Waals surface area contributed by atoms with Crippen molar-refractivity contribution in [3.8, 4) is 17.2 Å². The summed E-state index contributed by atoms with van der Waals surface area (Å²) >= 11 is 0. The van der Waals surface area contributed by atoms with Crippen LogP contribution in [0.5, 0.6) is 17.2 Å². The topological polar surface area (TPSA) is 56.8 Å². The van der Waals surface area contributed by atoms with E-state index in [9.17, 15) is 4.79 Å². The molecule has 5 nitrogen and oxygen atoms in total. The summed E-state index contributed by atoms with van der Waals surface area (Å²) in [5.41, 5.74) is 3.64. The van der Waals surface area contributed by atoms with E-state index in [0.29, 0.717) is 12.3 Å². The minimum atomic E-state index is -0.120. The monoisotopic (exact) mass is 339 g/mol. The van der Waals surface area contributed by atoms with Gasteiger partial charge in [0.15, 0.2) is 6.61 Å². The molecule has 1 amide bonds. The molecule has 0 saturated carbocycles. The molecular formula is C20H21NO4. The number of carbonyl (C=O) groups is 1. The quantitative estimate of drug-likeness (QED) is 0.877. The van der Waals surface area contributed by atoms with Crippen LogP contribution in [-0.2, 0) is 24.1 Å². The SMILES string of the molecule is O=C(COc1ccccc1)NCCc1c2c(cc3c1OCC3)OCC2. The molecule has 0 aliphatic carbocycles. The number of hydrogen-bond acceptors (Lipinski definition) is 4. The molecule has 0 bridgehead atoms. The van der Waals surface area contributed by atoms with Gasteiger partial charge in [-0.2, -0.15) is 0 Å². The highest BCUT2D eigenvalue weighted by molar-refractivity contribution is 5.77. The third kappa shape index (κ3) is 3.40. The average Bonchev–Trinajstić information content (AvgIpc) is 3.29. The van der Waals surface area contributed by atoms with Crippen molar-refractivity contribution < 1.29 is 19.0 Å². The molecule has 0 saturated heterocycles. The van der Waals surface area contributed by atoms with Crippen LogP contribution in [0.4, 0.5) is 0 Å². The number of hydrogen-bond donors (Lipinski definition) is 1. The molecule has 1 N–H and O–H groups in total. The number of fused-ring (bicyclic) bond motifs is 2. The molecule has 0 radical (unpaired) electrons. The van der Waals surface area contributed by atoms with Gasteiger partial charge in [0.05, 0.1) is 13.2 Å². The lowest BCUT2D eigenvalue weighted by molar-refractivity contribution is -0.123. The molecule has 4 rings (SSSR count). The van der Waals surface area contributed by atoms with Crippen LogP contribution in [-0.4, -0.2) is 32.3 Å². The zero-order chi connectivity index (χ0) is 17.1. The summed E-state index contributed by atoms with van der Waals surface area (Å²) in [4.78, 5) is 12.0. The molecule has 5 heteroatoms. The fourth-order valence-corrected chi connectivity index (χ4v) is 3.39. The van der Waals surface area contributed by atoms with Crippen molar-refractivity contribution >= 4 is 5.91 Å². The first-order valence-corrected chi connectivity index (χ1v) is 8.69. The van der Waals surface area contributed by atoms with Crippen molar-refractivity contribution in [3.05, 3.63) is 53.1 Å². The molecule has 0 fully saturated rings. The summed E-state index contributed by atoms with van der Waals surface area (Å²) in [6, 6.07) is 11.5. The molecule has 0 spiro atoms. The number of amides is 1. The number of nitrogens with one attached hydrogen (secondary N) is 1. The molecule has 130 valence electrons. The largest absolute Gasteiger partial charge is 0.493 e. The highest BCUT2D eigenvalue weighted by Gasteiger charge is 2.26. The standard InChI is InChI=1S/C20H21NO4/c22-19(13-25-15-4-2-1-3-5-15)21-9-6-17-16-8-11-23-18(16)12-14-7-10-24-20(14)17/h1-5,12H,6-11,13H2,(H,21,22). The van der Waals surface area contributed by atoms with E-state index >= 15 is 0 Å². The fourth-order valence-electron chi connectivity index (χ4n) is 3.39. The van der Waals surface area contributed by atoms with Gasteiger partial charge in [0, 0.05) is 36.1 Å². The number of benzene rings is 2. The molecule has 0 aromatic heterocycles. The fraction of sp³-hybridized carbons (Fsp3) is 0.350. The second kappa shape index (κ2) is 7.05. The van der Waals surface area contributed by atoms with Gasteiger partial charge in [0.1, 0.15) is 17.2 Å². The van der Waals surface area contributed by atoms with Crippen molar-refractivity contribution in [3.63, 3.8) is 0 Å². The van der Waals surface area contributed by atoms with E-state index in [2.05, 4.69) is 11.4 Å². The minimum Gasteiger partial charge on any atom is -0.493 e. The number of rotatable bonds is 6. The van der Waals surface area contributed by atoms with Gasteiger partial charge in [-0.1, -0.05) is 18.2 Å². The van der Waals surface area contributed by atoms with Crippen molar-refractivity contribution in [2.24, 2.45) is 0 Å². The first kappa shape index (κ1) is 15.8. The lowest BCUT2D eigenvalue weighted by Crippen LogP contribution is -2.30. The maximum absolute atomic E-state index is 12.0. The molecule has 25 heavy (non-hydrogen) atoms. The molecule has 0 atom stereocenters. The van der Waals surface area contributed by atoms with E-state index in [0.717, 1.165) is 44.0 Å². The average molecular weight is 339 g/mol. The van der Waals surface area contributed by atoms with Gasteiger partial charge < -0.3 is 19.5 Å². The Morgan fingerprint density at radius 1 is 1.12 bits per heavy atom. The van der Waals surface area contributed by atoms with Gasteiger partial charge in [-0.25, -0.2) is 0 Å². The van der Waals surface area contributed by atoms with Crippen LogP contribution in [0.15, 0.2) is 36.4 Å². The normalized spacial score (nSPS) is 14.2. The minimum absolute atomic E-state index is 0.0224.